The molecule has 0 radical (unpaired) electrons. The highest BCUT2D eigenvalue weighted by atomic mass is 19.1. The Morgan fingerprint density at radius 2 is 1.97 bits per heavy atom. The molecule has 0 unspecified atom stereocenters. The van der Waals surface area contributed by atoms with E-state index in [2.05, 4.69) is 10.1 Å². The Balaban J connectivity index is 1.47. The molecular weight excluding hydrogens is 401 g/mol. The van der Waals surface area contributed by atoms with E-state index in [1.54, 1.807) is 30.3 Å². The van der Waals surface area contributed by atoms with Crippen LogP contribution in [0.4, 0.5) is 4.39 Å². The summed E-state index contributed by atoms with van der Waals surface area (Å²) in [5.41, 5.74) is 6.43. The first-order valence-corrected chi connectivity index (χ1v) is 10.2. The number of nitrogens with zero attached hydrogens (tertiary/aromatic N) is 2. The highest BCUT2D eigenvalue weighted by Gasteiger charge is 2.30. The summed E-state index contributed by atoms with van der Waals surface area (Å²) < 4.78 is 25.5. The van der Waals surface area contributed by atoms with Crippen molar-refractivity contribution in [3.63, 3.8) is 0 Å². The predicted molar refractivity (Wildman–Crippen MR) is 110 cm³/mol. The summed E-state index contributed by atoms with van der Waals surface area (Å²) in [7, 11) is 0. The van der Waals surface area contributed by atoms with Crippen LogP contribution in [-0.2, 0) is 11.2 Å². The summed E-state index contributed by atoms with van der Waals surface area (Å²) in [6.45, 7) is 1.91. The van der Waals surface area contributed by atoms with Crippen molar-refractivity contribution in [3.05, 3.63) is 65.3 Å². The molecule has 160 valence electrons. The molecular formula is C23H22FN3O4. The van der Waals surface area contributed by atoms with Crippen LogP contribution in [0.5, 0.6) is 5.75 Å². The van der Waals surface area contributed by atoms with Gasteiger partial charge in [0.25, 0.3) is 5.89 Å². The van der Waals surface area contributed by atoms with Crippen molar-refractivity contribution >= 4 is 11.7 Å². The molecule has 7 nitrogen and oxygen atoms in total. The van der Waals surface area contributed by atoms with Gasteiger partial charge in [-0.15, -0.1) is 0 Å². The van der Waals surface area contributed by atoms with Crippen LogP contribution >= 0.6 is 0 Å². The van der Waals surface area contributed by atoms with Crippen molar-refractivity contribution in [2.24, 2.45) is 11.7 Å². The van der Waals surface area contributed by atoms with Crippen LogP contribution in [0, 0.1) is 11.7 Å². The lowest BCUT2D eigenvalue weighted by atomic mass is 10.1. The van der Waals surface area contributed by atoms with Gasteiger partial charge >= 0.3 is 0 Å². The molecule has 3 aromatic rings. The Morgan fingerprint density at radius 3 is 2.58 bits per heavy atom. The van der Waals surface area contributed by atoms with E-state index in [9.17, 15) is 14.0 Å². The number of primary amides is 1. The third-order valence-corrected chi connectivity index (χ3v) is 5.13. The van der Waals surface area contributed by atoms with Gasteiger partial charge in [0.2, 0.25) is 11.7 Å². The molecule has 1 fully saturated rings. The van der Waals surface area contributed by atoms with Crippen molar-refractivity contribution in [3.8, 4) is 17.1 Å². The summed E-state index contributed by atoms with van der Waals surface area (Å²) in [6, 6.07) is 11.4. The van der Waals surface area contributed by atoms with Crippen LogP contribution < -0.4 is 10.5 Å². The number of carbonyl (C=O) groups is 2. The maximum Gasteiger partial charge on any atom is 0.268 e. The number of hydrogen-bond acceptors (Lipinski definition) is 6. The van der Waals surface area contributed by atoms with Crippen LogP contribution in [0.15, 0.2) is 47.0 Å². The van der Waals surface area contributed by atoms with Gasteiger partial charge in [-0.3, -0.25) is 9.59 Å². The molecule has 0 aliphatic heterocycles. The summed E-state index contributed by atoms with van der Waals surface area (Å²) in [5.74, 6) is 0.231. The number of Topliss-reactive ketones (excluding diaryl/α,β-unsaturated/α-hetero) is 1. The second-order valence-corrected chi connectivity index (χ2v) is 7.58. The number of halogens is 1. The van der Waals surface area contributed by atoms with Gasteiger partial charge in [0.1, 0.15) is 11.6 Å². The second-order valence-electron chi connectivity index (χ2n) is 7.58. The minimum atomic E-state index is -0.610. The molecule has 1 aliphatic carbocycles. The SMILES string of the molecule is CC[C@@H](Oc1ccc(C(=O)C2CC2)cc1)c1nc(-c2ccc(CC(N)=O)c(F)c2)no1. The molecule has 31 heavy (non-hydrogen) atoms. The summed E-state index contributed by atoms with van der Waals surface area (Å²) in [5, 5.41) is 3.92. The van der Waals surface area contributed by atoms with Gasteiger partial charge in [0.15, 0.2) is 11.9 Å². The topological polar surface area (TPSA) is 108 Å². The Hall–Kier alpha value is -3.55. The van der Waals surface area contributed by atoms with Gasteiger partial charge in [-0.1, -0.05) is 24.2 Å². The van der Waals surface area contributed by atoms with Crippen molar-refractivity contribution in [2.45, 2.75) is 38.7 Å². The number of ether oxygens (including phenoxy) is 1. The fourth-order valence-electron chi connectivity index (χ4n) is 3.25. The number of benzene rings is 2. The third kappa shape index (κ3) is 4.79. The van der Waals surface area contributed by atoms with Crippen LogP contribution in [0.1, 0.15) is 54.1 Å². The zero-order valence-electron chi connectivity index (χ0n) is 17.0. The van der Waals surface area contributed by atoms with Gasteiger partial charge in [0.05, 0.1) is 6.42 Å². The Bertz CT molecular complexity index is 1110. The van der Waals surface area contributed by atoms with E-state index < -0.39 is 17.8 Å². The molecule has 0 saturated heterocycles. The molecule has 1 atom stereocenters. The number of amides is 1. The molecule has 1 amide bonds. The van der Waals surface area contributed by atoms with E-state index in [1.165, 1.54) is 12.1 Å². The average Bonchev–Trinajstić information content (AvgIpc) is 3.50. The zero-order valence-corrected chi connectivity index (χ0v) is 17.0. The largest absolute Gasteiger partial charge is 0.481 e. The van der Waals surface area contributed by atoms with Crippen molar-refractivity contribution < 1.29 is 23.2 Å². The predicted octanol–water partition coefficient (Wildman–Crippen LogP) is 4.03. The van der Waals surface area contributed by atoms with Gasteiger partial charge in [0, 0.05) is 17.0 Å². The lowest BCUT2D eigenvalue weighted by molar-refractivity contribution is -0.117. The number of carbonyl (C=O) groups excluding carboxylic acids is 2. The minimum Gasteiger partial charge on any atom is -0.481 e. The lowest BCUT2D eigenvalue weighted by Crippen LogP contribution is -2.14. The summed E-state index contributed by atoms with van der Waals surface area (Å²) in [6.07, 6.45) is 1.82. The van der Waals surface area contributed by atoms with Gasteiger partial charge in [-0.05, 0) is 55.2 Å². The van der Waals surface area contributed by atoms with Gasteiger partial charge < -0.3 is 15.0 Å². The number of aromatic nitrogens is 2. The summed E-state index contributed by atoms with van der Waals surface area (Å²) >= 11 is 0. The van der Waals surface area contributed by atoms with Crippen LogP contribution in [0.3, 0.4) is 0 Å². The fraction of sp³-hybridized carbons (Fsp3) is 0.304. The fourth-order valence-corrected chi connectivity index (χ4v) is 3.25. The molecule has 1 aromatic heterocycles. The monoisotopic (exact) mass is 423 g/mol. The highest BCUT2D eigenvalue weighted by Crippen LogP contribution is 2.33. The molecule has 1 aliphatic rings. The Kier molecular flexibility index (Phi) is 5.79. The molecule has 2 N–H and O–H groups in total. The molecule has 1 heterocycles. The standard InChI is InChI=1S/C23H22FN3O4/c1-2-19(30-17-9-7-14(8-10-17)21(29)13-3-4-13)23-26-22(27-31-23)16-6-5-15(12-20(25)28)18(24)11-16/h5-11,13,19H,2-4,12H2,1H3,(H2,25,28)/t19-/m1/s1. The third-order valence-electron chi connectivity index (χ3n) is 5.13. The minimum absolute atomic E-state index is 0.168. The van der Waals surface area contributed by atoms with Crippen molar-refractivity contribution in [1.29, 1.82) is 0 Å². The van der Waals surface area contributed by atoms with Crippen molar-refractivity contribution in [2.75, 3.05) is 0 Å². The summed E-state index contributed by atoms with van der Waals surface area (Å²) in [4.78, 5) is 27.5. The van der Waals surface area contributed by atoms with Crippen LogP contribution in [-0.4, -0.2) is 21.8 Å². The molecule has 4 rings (SSSR count). The molecule has 0 spiro atoms. The van der Waals surface area contributed by atoms with Crippen LogP contribution in [0.25, 0.3) is 11.4 Å². The molecule has 0 bridgehead atoms. The lowest BCUT2D eigenvalue weighted by Gasteiger charge is -2.13. The Labute approximate surface area is 178 Å². The van der Waals surface area contributed by atoms with E-state index in [0.29, 0.717) is 23.3 Å². The average molecular weight is 423 g/mol. The first kappa shape index (κ1) is 20.7. The quantitative estimate of drug-likeness (QED) is 0.521. The molecule has 8 heteroatoms. The maximum absolute atomic E-state index is 14.2. The second kappa shape index (κ2) is 8.67. The zero-order chi connectivity index (χ0) is 22.0. The van der Waals surface area contributed by atoms with E-state index >= 15 is 0 Å². The van der Waals surface area contributed by atoms with Crippen molar-refractivity contribution in [1.82, 2.24) is 10.1 Å². The normalized spacial score (nSPS) is 14.3. The highest BCUT2D eigenvalue weighted by molar-refractivity contribution is 5.99. The van der Waals surface area contributed by atoms with Crippen LogP contribution in [0.2, 0.25) is 0 Å². The van der Waals surface area contributed by atoms with Gasteiger partial charge in [-0.25, -0.2) is 4.39 Å². The smallest absolute Gasteiger partial charge is 0.268 e. The number of nitrogens with two attached hydrogens (primary N) is 1. The van der Waals surface area contributed by atoms with E-state index in [0.717, 1.165) is 12.8 Å². The number of rotatable bonds is 9. The van der Waals surface area contributed by atoms with E-state index in [1.807, 2.05) is 6.92 Å². The van der Waals surface area contributed by atoms with E-state index in [4.69, 9.17) is 15.0 Å². The van der Waals surface area contributed by atoms with E-state index in [-0.39, 0.29) is 35.4 Å². The first-order valence-electron chi connectivity index (χ1n) is 10.2. The Morgan fingerprint density at radius 1 is 1.23 bits per heavy atom. The number of hydrogen-bond donors (Lipinski definition) is 1. The molecule has 1 saturated carbocycles. The maximum atomic E-state index is 14.2. The first-order chi connectivity index (χ1) is 14.9. The number of ketones is 1. The molecule has 2 aromatic carbocycles. The van der Waals surface area contributed by atoms with Gasteiger partial charge in [-0.2, -0.15) is 4.98 Å².